The fourth-order valence-corrected chi connectivity index (χ4v) is 3.28. The van der Waals surface area contributed by atoms with Gasteiger partial charge in [-0.3, -0.25) is 9.67 Å². The highest BCUT2D eigenvalue weighted by Crippen LogP contribution is 2.34. The molecule has 0 saturated carbocycles. The third-order valence-electron chi connectivity index (χ3n) is 4.68. The lowest BCUT2D eigenvalue weighted by molar-refractivity contribution is 0.262. The largest absolute Gasteiger partial charge is 0.323 e. The second-order valence-electron chi connectivity index (χ2n) is 6.74. The van der Waals surface area contributed by atoms with Gasteiger partial charge in [0.25, 0.3) is 0 Å². The zero-order chi connectivity index (χ0) is 21.8. The summed E-state index contributed by atoms with van der Waals surface area (Å²) in [6.45, 7) is 2.60. The Morgan fingerprint density at radius 1 is 1.03 bits per heavy atom. The van der Waals surface area contributed by atoms with E-state index in [1.807, 2.05) is 19.1 Å². The SMILES string of the molecule is CCn1cc(-c2cccc(NC(=O)Nc3ccc(Cl)cc3)c2F)c(-c2ccncc2)n1. The molecule has 0 saturated heterocycles. The minimum absolute atomic E-state index is 0.0638. The topological polar surface area (TPSA) is 71.8 Å². The number of urea groups is 1. The average Bonchev–Trinajstić information content (AvgIpc) is 3.22. The maximum Gasteiger partial charge on any atom is 0.323 e. The van der Waals surface area contributed by atoms with E-state index in [0.29, 0.717) is 34.1 Å². The zero-order valence-corrected chi connectivity index (χ0v) is 17.4. The molecule has 2 amide bonds. The smallest absolute Gasteiger partial charge is 0.308 e. The van der Waals surface area contributed by atoms with E-state index in [9.17, 15) is 4.79 Å². The molecular weight excluding hydrogens is 417 g/mol. The second kappa shape index (κ2) is 8.97. The fourth-order valence-electron chi connectivity index (χ4n) is 3.16. The second-order valence-corrected chi connectivity index (χ2v) is 7.17. The van der Waals surface area contributed by atoms with E-state index in [2.05, 4.69) is 20.7 Å². The maximum absolute atomic E-state index is 15.4. The highest BCUT2D eigenvalue weighted by molar-refractivity contribution is 6.30. The van der Waals surface area contributed by atoms with E-state index < -0.39 is 11.8 Å². The van der Waals surface area contributed by atoms with Crippen LogP contribution in [0.25, 0.3) is 22.4 Å². The molecule has 0 atom stereocenters. The van der Waals surface area contributed by atoms with Crippen LogP contribution >= 0.6 is 11.6 Å². The summed E-state index contributed by atoms with van der Waals surface area (Å²) in [5, 5.41) is 10.4. The minimum Gasteiger partial charge on any atom is -0.308 e. The van der Waals surface area contributed by atoms with Crippen LogP contribution in [0.5, 0.6) is 0 Å². The number of amides is 2. The van der Waals surface area contributed by atoms with E-state index in [-0.39, 0.29) is 5.69 Å². The molecule has 0 fully saturated rings. The molecule has 2 aromatic heterocycles. The number of hydrogen-bond acceptors (Lipinski definition) is 3. The Balaban J connectivity index is 1.64. The molecule has 4 rings (SSSR count). The summed E-state index contributed by atoms with van der Waals surface area (Å²) in [4.78, 5) is 16.4. The monoisotopic (exact) mass is 435 g/mol. The summed E-state index contributed by atoms with van der Waals surface area (Å²) in [5.41, 5.74) is 3.06. The Kier molecular flexibility index (Phi) is 5.95. The first-order chi connectivity index (χ1) is 15.0. The van der Waals surface area contributed by atoms with Crippen LogP contribution in [0.15, 0.2) is 73.2 Å². The summed E-state index contributed by atoms with van der Waals surface area (Å²) in [6, 6.07) is 14.6. The van der Waals surface area contributed by atoms with Crippen molar-refractivity contribution in [3.8, 4) is 22.4 Å². The van der Waals surface area contributed by atoms with Crippen LogP contribution < -0.4 is 10.6 Å². The molecule has 0 radical (unpaired) electrons. The van der Waals surface area contributed by atoms with Gasteiger partial charge in [0.05, 0.1) is 5.69 Å². The summed E-state index contributed by atoms with van der Waals surface area (Å²) in [5.74, 6) is -0.542. The maximum atomic E-state index is 15.4. The highest BCUT2D eigenvalue weighted by atomic mass is 35.5. The number of carbonyl (C=O) groups is 1. The minimum atomic E-state index is -0.558. The Hall–Kier alpha value is -3.71. The van der Waals surface area contributed by atoms with Crippen molar-refractivity contribution < 1.29 is 9.18 Å². The number of aryl methyl sites for hydroxylation is 1. The number of aromatic nitrogens is 3. The molecule has 0 aliphatic carbocycles. The number of halogens is 2. The van der Waals surface area contributed by atoms with Crippen LogP contribution in [-0.4, -0.2) is 20.8 Å². The molecule has 31 heavy (non-hydrogen) atoms. The van der Waals surface area contributed by atoms with Gasteiger partial charge in [-0.1, -0.05) is 23.7 Å². The summed E-state index contributed by atoms with van der Waals surface area (Å²) >= 11 is 5.86. The molecule has 2 N–H and O–H groups in total. The summed E-state index contributed by atoms with van der Waals surface area (Å²) in [6.07, 6.45) is 5.13. The van der Waals surface area contributed by atoms with Crippen molar-refractivity contribution in [2.45, 2.75) is 13.5 Å². The highest BCUT2D eigenvalue weighted by Gasteiger charge is 2.19. The van der Waals surface area contributed by atoms with Crippen molar-refractivity contribution in [3.63, 3.8) is 0 Å². The molecule has 0 aliphatic heterocycles. The van der Waals surface area contributed by atoms with Gasteiger partial charge in [-0.05, 0) is 49.4 Å². The van der Waals surface area contributed by atoms with E-state index in [1.165, 1.54) is 6.07 Å². The average molecular weight is 436 g/mol. The molecule has 4 aromatic rings. The standard InChI is InChI=1S/C23H19ClFN5O/c1-2-30-14-19(22(29-30)15-10-12-26-13-11-15)18-4-3-5-20(21(18)25)28-23(31)27-17-8-6-16(24)7-9-17/h3-14H,2H2,1H3,(H2,27,28,31). The van der Waals surface area contributed by atoms with Gasteiger partial charge >= 0.3 is 6.03 Å². The van der Waals surface area contributed by atoms with Gasteiger partial charge in [0.15, 0.2) is 5.82 Å². The lowest BCUT2D eigenvalue weighted by Gasteiger charge is -2.11. The summed E-state index contributed by atoms with van der Waals surface area (Å²) < 4.78 is 17.2. The van der Waals surface area contributed by atoms with Gasteiger partial charge in [0.1, 0.15) is 5.69 Å². The van der Waals surface area contributed by atoms with Crippen molar-refractivity contribution in [1.82, 2.24) is 14.8 Å². The number of hydrogen-bond donors (Lipinski definition) is 2. The van der Waals surface area contributed by atoms with E-state index in [4.69, 9.17) is 11.6 Å². The lowest BCUT2D eigenvalue weighted by Crippen LogP contribution is -2.20. The van der Waals surface area contributed by atoms with Crippen molar-refractivity contribution >= 4 is 29.0 Å². The third kappa shape index (κ3) is 4.57. The van der Waals surface area contributed by atoms with Crippen molar-refractivity contribution in [3.05, 3.63) is 84.0 Å². The molecule has 2 aromatic carbocycles. The Morgan fingerprint density at radius 3 is 2.48 bits per heavy atom. The van der Waals surface area contributed by atoms with E-state index in [0.717, 1.165) is 5.56 Å². The van der Waals surface area contributed by atoms with Crippen molar-refractivity contribution in [1.29, 1.82) is 0 Å². The van der Waals surface area contributed by atoms with Gasteiger partial charge in [0.2, 0.25) is 0 Å². The Morgan fingerprint density at radius 2 is 1.77 bits per heavy atom. The number of benzene rings is 2. The van der Waals surface area contributed by atoms with Gasteiger partial charge in [0, 0.05) is 52.5 Å². The Bertz CT molecular complexity index is 1210. The lowest BCUT2D eigenvalue weighted by atomic mass is 10.0. The van der Waals surface area contributed by atoms with E-state index in [1.54, 1.807) is 59.7 Å². The molecule has 0 aliphatic rings. The molecule has 2 heterocycles. The van der Waals surface area contributed by atoms with Crippen LogP contribution in [0.4, 0.5) is 20.6 Å². The zero-order valence-electron chi connectivity index (χ0n) is 16.6. The van der Waals surface area contributed by atoms with Gasteiger partial charge in [-0.25, -0.2) is 9.18 Å². The van der Waals surface area contributed by atoms with Crippen molar-refractivity contribution in [2.24, 2.45) is 0 Å². The van der Waals surface area contributed by atoms with Gasteiger partial charge in [-0.2, -0.15) is 5.10 Å². The Labute approximate surface area is 183 Å². The third-order valence-corrected chi connectivity index (χ3v) is 4.93. The quantitative estimate of drug-likeness (QED) is 0.399. The fraction of sp³-hybridized carbons (Fsp3) is 0.0870. The molecule has 156 valence electrons. The molecule has 0 spiro atoms. The van der Waals surface area contributed by atoms with Crippen LogP contribution in [0.3, 0.4) is 0 Å². The van der Waals surface area contributed by atoms with E-state index >= 15 is 4.39 Å². The van der Waals surface area contributed by atoms with Gasteiger partial charge in [-0.15, -0.1) is 0 Å². The number of carbonyl (C=O) groups excluding carboxylic acids is 1. The predicted molar refractivity (Wildman–Crippen MR) is 121 cm³/mol. The molecule has 8 heteroatoms. The number of rotatable bonds is 5. The predicted octanol–water partition coefficient (Wildman–Crippen LogP) is 6.07. The van der Waals surface area contributed by atoms with Crippen LogP contribution in [-0.2, 0) is 6.54 Å². The van der Waals surface area contributed by atoms with Gasteiger partial charge < -0.3 is 10.6 Å². The van der Waals surface area contributed by atoms with Crippen LogP contribution in [0, 0.1) is 5.82 Å². The number of nitrogens with one attached hydrogen (secondary N) is 2. The number of anilines is 2. The first-order valence-electron chi connectivity index (χ1n) is 9.65. The first kappa shape index (κ1) is 20.6. The van der Waals surface area contributed by atoms with Crippen LogP contribution in [0.2, 0.25) is 5.02 Å². The summed E-state index contributed by atoms with van der Waals surface area (Å²) in [7, 11) is 0. The first-order valence-corrected chi connectivity index (χ1v) is 10.0. The normalized spacial score (nSPS) is 10.7. The molecule has 6 nitrogen and oxygen atoms in total. The number of nitrogens with zero attached hydrogens (tertiary/aromatic N) is 3. The molecule has 0 bridgehead atoms. The molecular formula is C23H19ClFN5O. The van der Waals surface area contributed by atoms with Crippen LogP contribution in [0.1, 0.15) is 6.92 Å². The number of pyridine rings is 1. The van der Waals surface area contributed by atoms with Crippen molar-refractivity contribution in [2.75, 3.05) is 10.6 Å². The molecule has 0 unspecified atom stereocenters.